The Labute approximate surface area is 225 Å². The molecule has 0 spiro atoms. The van der Waals surface area contributed by atoms with E-state index in [1.807, 2.05) is 0 Å². The average Bonchev–Trinajstić information content (AvgIpc) is 3.00. The van der Waals surface area contributed by atoms with Crippen molar-refractivity contribution in [3.05, 3.63) is 215 Å². The molecule has 0 unspecified atom stereocenters. The van der Waals surface area contributed by atoms with Crippen LogP contribution in [0.5, 0.6) is 0 Å². The lowest BCUT2D eigenvalue weighted by Gasteiger charge is -2.14. The van der Waals surface area contributed by atoms with E-state index in [0.29, 0.717) is 0 Å². The molecule has 6 aromatic carbocycles. The summed E-state index contributed by atoms with van der Waals surface area (Å²) < 4.78 is 0. The van der Waals surface area contributed by atoms with E-state index in [2.05, 4.69) is 170 Å². The molecule has 6 rings (SSSR count). The van der Waals surface area contributed by atoms with Gasteiger partial charge in [-0.05, 0) is 157 Å². The molecule has 0 N–H and O–H groups in total. The lowest BCUT2D eigenvalue weighted by atomic mass is 9.84. The van der Waals surface area contributed by atoms with E-state index in [4.69, 9.17) is 0 Å². The summed E-state index contributed by atoms with van der Waals surface area (Å²) in [6.07, 6.45) is 0. The molecule has 6 aromatic rings. The van der Waals surface area contributed by atoms with Gasteiger partial charge in [0, 0.05) is 0 Å². The molecule has 0 amide bonds. The van der Waals surface area contributed by atoms with Crippen molar-refractivity contribution >= 4 is 0 Å². The van der Waals surface area contributed by atoms with Gasteiger partial charge in [0.25, 0.3) is 0 Å². The van der Waals surface area contributed by atoms with Crippen LogP contribution in [-0.4, -0.2) is 0 Å². The molecule has 0 fully saturated rings. The maximum atomic E-state index is 2.24. The van der Waals surface area contributed by atoms with Gasteiger partial charge in [-0.3, -0.25) is 0 Å². The third-order valence-corrected chi connectivity index (χ3v) is 6.93. The Kier molecular flexibility index (Phi) is 6.78. The maximum Gasteiger partial charge on any atom is 0.0631 e. The van der Waals surface area contributed by atoms with Crippen molar-refractivity contribution in [2.24, 2.45) is 0 Å². The van der Waals surface area contributed by atoms with Gasteiger partial charge >= 0.3 is 0 Å². The van der Waals surface area contributed by atoms with Gasteiger partial charge < -0.3 is 0 Å². The number of hydrogen-bond acceptors (Lipinski definition) is 0. The van der Waals surface area contributed by atoms with Crippen molar-refractivity contribution in [2.75, 3.05) is 0 Å². The summed E-state index contributed by atoms with van der Waals surface area (Å²) >= 11 is 0. The van der Waals surface area contributed by atoms with Gasteiger partial charge in [-0.2, -0.15) is 0 Å². The van der Waals surface area contributed by atoms with Gasteiger partial charge in [-0.15, -0.1) is 0 Å². The van der Waals surface area contributed by atoms with Gasteiger partial charge in [-0.25, -0.2) is 0 Å². The molecule has 0 heterocycles. The highest BCUT2D eigenvalue weighted by Crippen LogP contribution is 2.34. The van der Waals surface area contributed by atoms with Crippen molar-refractivity contribution in [3.63, 3.8) is 0 Å². The van der Waals surface area contributed by atoms with Crippen LogP contribution in [0.25, 0.3) is 11.1 Å². The van der Waals surface area contributed by atoms with E-state index in [1.165, 1.54) is 56.3 Å². The fourth-order valence-corrected chi connectivity index (χ4v) is 5.08. The zero-order chi connectivity index (χ0) is 25.6. The predicted molar refractivity (Wildman–Crippen MR) is 159 cm³/mol. The molecule has 0 radical (unpaired) electrons. The fourth-order valence-electron chi connectivity index (χ4n) is 5.08. The van der Waals surface area contributed by atoms with Crippen molar-refractivity contribution < 1.29 is 0 Å². The molecule has 0 aliphatic heterocycles. The summed E-state index contributed by atoms with van der Waals surface area (Å²) in [6.45, 7) is 0. The highest BCUT2D eigenvalue weighted by atomic mass is 14.2. The minimum absolute atomic E-state index is 1.21. The Hall–Kier alpha value is -4.94. The van der Waals surface area contributed by atoms with Crippen LogP contribution in [0.2, 0.25) is 0 Å². The Bertz CT molecular complexity index is 1350. The lowest BCUT2D eigenvalue weighted by molar-refractivity contribution is 1.22. The first-order chi connectivity index (χ1) is 18.9. The molecule has 0 nitrogen and oxygen atoms in total. The Morgan fingerprint density at radius 3 is 0.658 bits per heavy atom. The smallest absolute Gasteiger partial charge is 0.0511 e. The third kappa shape index (κ3) is 4.98. The summed E-state index contributed by atoms with van der Waals surface area (Å²) in [5.74, 6) is 2.50. The molecule has 0 aliphatic carbocycles. The molecular formula is C38H28+2. The maximum absolute atomic E-state index is 2.24. The quantitative estimate of drug-likeness (QED) is 0.156. The predicted octanol–water partition coefficient (Wildman–Crippen LogP) is 9.39. The first kappa shape index (κ1) is 23.5. The van der Waals surface area contributed by atoms with E-state index in [0.717, 1.165) is 0 Å². The second-order valence-corrected chi connectivity index (χ2v) is 9.37. The average molecular weight is 485 g/mol. The molecule has 0 aromatic heterocycles. The van der Waals surface area contributed by atoms with Crippen LogP contribution in [0.1, 0.15) is 33.4 Å². The fraction of sp³-hybridized carbons (Fsp3) is 0. The van der Waals surface area contributed by atoms with E-state index < -0.39 is 0 Å². The van der Waals surface area contributed by atoms with Crippen LogP contribution in [0, 0.1) is 11.8 Å². The number of rotatable bonds is 7. The summed E-state index contributed by atoms with van der Waals surface area (Å²) in [5, 5.41) is 0. The highest BCUT2D eigenvalue weighted by molar-refractivity contribution is 5.68. The van der Waals surface area contributed by atoms with Crippen LogP contribution in [0.4, 0.5) is 0 Å². The molecule has 0 aliphatic rings. The second-order valence-electron chi connectivity index (χ2n) is 9.37. The monoisotopic (exact) mass is 484 g/mol. The summed E-state index contributed by atoms with van der Waals surface area (Å²) in [4.78, 5) is 0. The topological polar surface area (TPSA) is 0 Å². The zero-order valence-corrected chi connectivity index (χ0v) is 21.2. The van der Waals surface area contributed by atoms with Crippen molar-refractivity contribution in [1.82, 2.24) is 0 Å². The third-order valence-electron chi connectivity index (χ3n) is 6.93. The van der Waals surface area contributed by atoms with Crippen LogP contribution >= 0.6 is 0 Å². The van der Waals surface area contributed by atoms with Crippen molar-refractivity contribution in [3.8, 4) is 11.1 Å². The summed E-state index contributed by atoms with van der Waals surface area (Å²) in [6, 6.07) is 60.4. The first-order valence-corrected chi connectivity index (χ1v) is 13.0. The van der Waals surface area contributed by atoms with Crippen molar-refractivity contribution in [1.29, 1.82) is 0 Å². The van der Waals surface area contributed by atoms with E-state index in [9.17, 15) is 0 Å². The van der Waals surface area contributed by atoms with E-state index >= 15 is 0 Å². The Morgan fingerprint density at radius 2 is 0.421 bits per heavy atom. The molecule has 178 valence electrons. The zero-order valence-electron chi connectivity index (χ0n) is 21.2. The van der Waals surface area contributed by atoms with Crippen LogP contribution in [0.15, 0.2) is 170 Å². The SMILES string of the molecule is c1ccc([C+](c2ccccc2)c2ccc(-c3ccc([C+](c4ccccc4)c4ccccc4)cc3)cc2)cc1. The highest BCUT2D eigenvalue weighted by Gasteiger charge is 2.23. The summed E-state index contributed by atoms with van der Waals surface area (Å²) in [7, 11) is 0. The van der Waals surface area contributed by atoms with Gasteiger partial charge in [-0.1, -0.05) is 24.3 Å². The molecule has 0 heteroatoms. The molecule has 0 saturated heterocycles. The Balaban J connectivity index is 1.31. The molecule has 0 bridgehead atoms. The van der Waals surface area contributed by atoms with Gasteiger partial charge in [0.15, 0.2) is 0 Å². The lowest BCUT2D eigenvalue weighted by Crippen LogP contribution is -2.04. The second kappa shape index (κ2) is 11.0. The van der Waals surface area contributed by atoms with E-state index in [1.54, 1.807) is 0 Å². The van der Waals surface area contributed by atoms with Gasteiger partial charge in [0.05, 0.1) is 45.2 Å². The van der Waals surface area contributed by atoms with E-state index in [-0.39, 0.29) is 0 Å². The largest absolute Gasteiger partial charge is 0.0631 e. The Morgan fingerprint density at radius 1 is 0.211 bits per heavy atom. The molecular weight excluding hydrogens is 456 g/mol. The van der Waals surface area contributed by atoms with Crippen LogP contribution in [-0.2, 0) is 0 Å². The first-order valence-electron chi connectivity index (χ1n) is 13.0. The van der Waals surface area contributed by atoms with Crippen LogP contribution in [0.3, 0.4) is 0 Å². The standard InChI is InChI=1S/C38H28/c1-5-13-31(14-6-1)37(32-15-7-2-8-16-32)35-25-21-29(22-26-35)30-23-27-36(28-24-30)38(33-17-9-3-10-18-33)34-19-11-4-12-20-34/h1-28H/q+2. The van der Waals surface area contributed by atoms with Gasteiger partial charge in [0.2, 0.25) is 0 Å². The van der Waals surface area contributed by atoms with Crippen LogP contribution < -0.4 is 0 Å². The minimum Gasteiger partial charge on any atom is -0.0511 e. The van der Waals surface area contributed by atoms with Crippen molar-refractivity contribution in [2.45, 2.75) is 0 Å². The molecule has 38 heavy (non-hydrogen) atoms. The molecule has 0 saturated carbocycles. The summed E-state index contributed by atoms with van der Waals surface area (Å²) in [5.41, 5.74) is 9.74. The number of benzene rings is 6. The number of hydrogen-bond donors (Lipinski definition) is 0. The normalized spacial score (nSPS) is 10.6. The molecule has 0 atom stereocenters. The minimum atomic E-state index is 1.21. The van der Waals surface area contributed by atoms with Gasteiger partial charge in [0.1, 0.15) is 0 Å².